The molecule has 0 saturated heterocycles. The summed E-state index contributed by atoms with van der Waals surface area (Å²) in [7, 11) is 0. The minimum Gasteiger partial charge on any atom is -0.398 e. The first-order chi connectivity index (χ1) is 9.66. The molecule has 2 rings (SSSR count). The minimum atomic E-state index is -0.00520. The van der Waals surface area contributed by atoms with E-state index in [-0.39, 0.29) is 5.78 Å². The van der Waals surface area contributed by atoms with Crippen molar-refractivity contribution in [2.75, 3.05) is 17.6 Å². The molecule has 0 unspecified atom stereocenters. The Morgan fingerprint density at radius 2 is 2.25 bits per heavy atom. The molecule has 0 radical (unpaired) electrons. The van der Waals surface area contributed by atoms with Crippen molar-refractivity contribution in [2.24, 2.45) is 0 Å². The second-order valence-electron chi connectivity index (χ2n) is 4.79. The molecule has 0 atom stereocenters. The van der Waals surface area contributed by atoms with E-state index in [0.29, 0.717) is 11.3 Å². The van der Waals surface area contributed by atoms with E-state index >= 15 is 0 Å². The Bertz CT molecular complexity index is 563. The van der Waals surface area contributed by atoms with E-state index in [1.165, 1.54) is 6.92 Å². The molecule has 1 heterocycles. The van der Waals surface area contributed by atoms with Gasteiger partial charge in [0.1, 0.15) is 0 Å². The van der Waals surface area contributed by atoms with Gasteiger partial charge in [-0.2, -0.15) is 0 Å². The van der Waals surface area contributed by atoms with Crippen molar-refractivity contribution >= 4 is 17.2 Å². The van der Waals surface area contributed by atoms with Crippen molar-refractivity contribution in [3.05, 3.63) is 42.5 Å². The third-order valence-corrected chi connectivity index (χ3v) is 3.16. The summed E-state index contributed by atoms with van der Waals surface area (Å²) in [5, 5.41) is 3.32. The average Bonchev–Trinajstić information content (AvgIpc) is 2.91. The fourth-order valence-corrected chi connectivity index (χ4v) is 2.06. The molecule has 5 heteroatoms. The van der Waals surface area contributed by atoms with E-state index in [0.717, 1.165) is 31.6 Å². The minimum absolute atomic E-state index is 0.00520. The quantitative estimate of drug-likeness (QED) is 0.461. The topological polar surface area (TPSA) is 72.9 Å². The van der Waals surface area contributed by atoms with Gasteiger partial charge in [-0.25, -0.2) is 4.98 Å². The Morgan fingerprint density at radius 3 is 2.90 bits per heavy atom. The van der Waals surface area contributed by atoms with E-state index in [4.69, 9.17) is 5.73 Å². The van der Waals surface area contributed by atoms with Crippen molar-refractivity contribution < 1.29 is 4.79 Å². The van der Waals surface area contributed by atoms with Gasteiger partial charge in [-0.1, -0.05) is 0 Å². The van der Waals surface area contributed by atoms with E-state index in [1.807, 2.05) is 24.7 Å². The summed E-state index contributed by atoms with van der Waals surface area (Å²) in [5.74, 6) is -0.00520. The van der Waals surface area contributed by atoms with Gasteiger partial charge in [0.2, 0.25) is 0 Å². The Morgan fingerprint density at radius 1 is 1.40 bits per heavy atom. The fraction of sp³-hybridized carbons (Fsp3) is 0.333. The fourth-order valence-electron chi connectivity index (χ4n) is 2.06. The van der Waals surface area contributed by atoms with Gasteiger partial charge >= 0.3 is 0 Å². The molecule has 0 amide bonds. The molecule has 20 heavy (non-hydrogen) atoms. The first kappa shape index (κ1) is 14.1. The molecule has 0 aliphatic heterocycles. The number of nitrogen functional groups attached to an aromatic ring is 1. The van der Waals surface area contributed by atoms with Crippen LogP contribution in [0.25, 0.3) is 0 Å². The maximum absolute atomic E-state index is 11.3. The normalized spacial score (nSPS) is 10.4. The number of Topliss-reactive ketones (excluding diaryl/α,β-unsaturated/α-hetero) is 1. The Hall–Kier alpha value is -2.30. The zero-order chi connectivity index (χ0) is 14.4. The van der Waals surface area contributed by atoms with Crippen LogP contribution >= 0.6 is 0 Å². The molecule has 1 aromatic carbocycles. The van der Waals surface area contributed by atoms with Crippen molar-refractivity contribution in [3.8, 4) is 0 Å². The number of hydrogen-bond acceptors (Lipinski definition) is 4. The van der Waals surface area contributed by atoms with Crippen molar-refractivity contribution in [1.82, 2.24) is 9.55 Å². The van der Waals surface area contributed by atoms with Crippen LogP contribution in [0.15, 0.2) is 36.9 Å². The lowest BCUT2D eigenvalue weighted by molar-refractivity contribution is 0.101. The van der Waals surface area contributed by atoms with Gasteiger partial charge in [0.25, 0.3) is 0 Å². The monoisotopic (exact) mass is 272 g/mol. The van der Waals surface area contributed by atoms with E-state index in [1.54, 1.807) is 12.3 Å². The van der Waals surface area contributed by atoms with Crippen molar-refractivity contribution in [2.45, 2.75) is 26.3 Å². The van der Waals surface area contributed by atoms with Crippen LogP contribution in [0, 0.1) is 0 Å². The molecule has 2 aromatic rings. The SMILES string of the molecule is CC(=O)c1ccc(NCCCCn2ccnc2)cc1N. The van der Waals surface area contributed by atoms with E-state index in [2.05, 4.69) is 14.9 Å². The summed E-state index contributed by atoms with van der Waals surface area (Å²) in [6.07, 6.45) is 7.73. The maximum Gasteiger partial charge on any atom is 0.161 e. The number of aryl methyl sites for hydroxylation is 1. The highest BCUT2D eigenvalue weighted by molar-refractivity contribution is 5.99. The maximum atomic E-state index is 11.3. The smallest absolute Gasteiger partial charge is 0.161 e. The predicted octanol–water partition coefficient (Wildman–Crippen LogP) is 2.56. The van der Waals surface area contributed by atoms with Crippen LogP contribution in [0.1, 0.15) is 30.1 Å². The second kappa shape index (κ2) is 6.75. The van der Waals surface area contributed by atoms with Gasteiger partial charge in [0.15, 0.2) is 5.78 Å². The van der Waals surface area contributed by atoms with Crippen LogP contribution in [-0.4, -0.2) is 21.9 Å². The summed E-state index contributed by atoms with van der Waals surface area (Å²) in [5.41, 5.74) is 7.91. The number of benzene rings is 1. The molecule has 0 bridgehead atoms. The number of carbonyl (C=O) groups is 1. The Balaban J connectivity index is 1.74. The highest BCUT2D eigenvalue weighted by atomic mass is 16.1. The average molecular weight is 272 g/mol. The first-order valence-electron chi connectivity index (χ1n) is 6.77. The molecule has 5 nitrogen and oxygen atoms in total. The molecule has 0 spiro atoms. The highest BCUT2D eigenvalue weighted by Crippen LogP contribution is 2.18. The molecular formula is C15H20N4O. The third kappa shape index (κ3) is 3.85. The summed E-state index contributed by atoms with van der Waals surface area (Å²) in [4.78, 5) is 15.3. The largest absolute Gasteiger partial charge is 0.398 e. The number of anilines is 2. The number of nitrogens with two attached hydrogens (primary N) is 1. The molecule has 0 saturated carbocycles. The lowest BCUT2D eigenvalue weighted by Gasteiger charge is -2.09. The van der Waals surface area contributed by atoms with Crippen LogP contribution in [0.5, 0.6) is 0 Å². The number of nitrogens with zero attached hydrogens (tertiary/aromatic N) is 2. The molecule has 3 N–H and O–H groups in total. The van der Waals surface area contributed by atoms with Crippen LogP contribution in [0.4, 0.5) is 11.4 Å². The van der Waals surface area contributed by atoms with Crippen LogP contribution < -0.4 is 11.1 Å². The van der Waals surface area contributed by atoms with E-state index in [9.17, 15) is 4.79 Å². The van der Waals surface area contributed by atoms with Gasteiger partial charge in [-0.15, -0.1) is 0 Å². The Kier molecular flexibility index (Phi) is 4.76. The third-order valence-electron chi connectivity index (χ3n) is 3.16. The number of rotatable bonds is 7. The molecular weight excluding hydrogens is 252 g/mol. The summed E-state index contributed by atoms with van der Waals surface area (Å²) in [6.45, 7) is 3.38. The van der Waals surface area contributed by atoms with Gasteiger partial charge < -0.3 is 15.6 Å². The number of aromatic nitrogens is 2. The molecule has 0 fully saturated rings. The van der Waals surface area contributed by atoms with Crippen molar-refractivity contribution in [3.63, 3.8) is 0 Å². The van der Waals surface area contributed by atoms with Gasteiger partial charge in [0.05, 0.1) is 6.33 Å². The lowest BCUT2D eigenvalue weighted by atomic mass is 10.1. The first-order valence-corrected chi connectivity index (χ1v) is 6.77. The molecule has 0 aliphatic carbocycles. The Labute approximate surface area is 118 Å². The van der Waals surface area contributed by atoms with Crippen LogP contribution in [-0.2, 0) is 6.54 Å². The number of nitrogens with one attached hydrogen (secondary N) is 1. The number of ketones is 1. The van der Waals surface area contributed by atoms with Crippen molar-refractivity contribution in [1.29, 1.82) is 0 Å². The van der Waals surface area contributed by atoms with Crippen LogP contribution in [0.2, 0.25) is 0 Å². The molecule has 106 valence electrons. The van der Waals surface area contributed by atoms with Gasteiger partial charge in [0, 0.05) is 42.4 Å². The van der Waals surface area contributed by atoms with Crippen LogP contribution in [0.3, 0.4) is 0 Å². The molecule has 0 aliphatic rings. The highest BCUT2D eigenvalue weighted by Gasteiger charge is 2.04. The zero-order valence-corrected chi connectivity index (χ0v) is 11.7. The lowest BCUT2D eigenvalue weighted by Crippen LogP contribution is -2.05. The van der Waals surface area contributed by atoms with Gasteiger partial charge in [-0.3, -0.25) is 4.79 Å². The zero-order valence-electron chi connectivity index (χ0n) is 11.7. The van der Waals surface area contributed by atoms with E-state index < -0.39 is 0 Å². The number of carbonyl (C=O) groups excluding carboxylic acids is 1. The second-order valence-corrected chi connectivity index (χ2v) is 4.79. The molecule has 1 aromatic heterocycles. The summed E-state index contributed by atoms with van der Waals surface area (Å²) in [6, 6.07) is 5.47. The number of hydrogen-bond donors (Lipinski definition) is 2. The predicted molar refractivity (Wildman–Crippen MR) is 80.8 cm³/mol. The van der Waals surface area contributed by atoms with Gasteiger partial charge in [-0.05, 0) is 38.0 Å². The summed E-state index contributed by atoms with van der Waals surface area (Å²) < 4.78 is 2.07. The number of unbranched alkanes of at least 4 members (excludes halogenated alkanes) is 1. The number of imidazole rings is 1. The summed E-state index contributed by atoms with van der Waals surface area (Å²) >= 11 is 0. The standard InChI is InChI=1S/C15H20N4O/c1-12(20)14-5-4-13(10-15(14)16)18-6-2-3-8-19-9-7-17-11-19/h4-5,7,9-11,18H,2-3,6,8,16H2,1H3.